The number of fused-ring (bicyclic) bond motifs is 3. The van der Waals surface area contributed by atoms with Gasteiger partial charge in [0.25, 0.3) is 0 Å². The number of anilines is 1. The van der Waals surface area contributed by atoms with Crippen molar-refractivity contribution >= 4 is 38.0 Å². The van der Waals surface area contributed by atoms with Gasteiger partial charge < -0.3 is 5.32 Å². The third-order valence-electron chi connectivity index (χ3n) is 4.84. The van der Waals surface area contributed by atoms with Crippen molar-refractivity contribution in [3.05, 3.63) is 59.4 Å². The number of pyridine rings is 1. The Kier molecular flexibility index (Phi) is 4.12. The summed E-state index contributed by atoms with van der Waals surface area (Å²) < 4.78 is 24.5. The van der Waals surface area contributed by atoms with Crippen LogP contribution in [-0.4, -0.2) is 30.4 Å². The first-order valence-electron chi connectivity index (χ1n) is 8.40. The summed E-state index contributed by atoms with van der Waals surface area (Å²) in [6, 6.07) is 8.94. The molecule has 1 aromatic heterocycles. The van der Waals surface area contributed by atoms with Crippen LogP contribution < -0.4 is 5.32 Å². The zero-order chi connectivity index (χ0) is 18.5. The molecule has 0 amide bonds. The quantitative estimate of drug-likeness (QED) is 0.870. The van der Waals surface area contributed by atoms with Crippen LogP contribution >= 0.6 is 11.6 Å². The van der Waals surface area contributed by atoms with Crippen molar-refractivity contribution in [1.82, 2.24) is 4.98 Å². The Balaban J connectivity index is 1.85. The van der Waals surface area contributed by atoms with Crippen LogP contribution in [0.25, 0.3) is 5.57 Å². The van der Waals surface area contributed by atoms with Crippen LogP contribution in [0.4, 0.5) is 5.82 Å². The molecule has 0 spiro atoms. The average molecular weight is 388 g/mol. The lowest BCUT2D eigenvalue weighted by Crippen LogP contribution is -2.30. The molecule has 0 saturated carbocycles. The third kappa shape index (κ3) is 2.73. The van der Waals surface area contributed by atoms with Gasteiger partial charge in [0, 0.05) is 23.9 Å². The van der Waals surface area contributed by atoms with Crippen LogP contribution in [-0.2, 0) is 9.84 Å². The fourth-order valence-corrected chi connectivity index (χ4v) is 4.64. The number of nitrogens with one attached hydrogen (secondary N) is 1. The van der Waals surface area contributed by atoms with Crippen molar-refractivity contribution in [3.8, 4) is 0 Å². The average Bonchev–Trinajstić information content (AvgIpc) is 3.02. The SMILES string of the molecule is CCS(=O)(=O)c1cccc(C2=CN=C(Cl)C3Nc4ncc(C)cc4C23)c1. The molecule has 0 aliphatic carbocycles. The van der Waals surface area contributed by atoms with E-state index < -0.39 is 9.84 Å². The molecule has 1 aromatic carbocycles. The highest BCUT2D eigenvalue weighted by Gasteiger charge is 2.40. The summed E-state index contributed by atoms with van der Waals surface area (Å²) in [5.41, 5.74) is 3.88. The molecule has 0 saturated heterocycles. The number of sulfone groups is 1. The van der Waals surface area contributed by atoms with Crippen molar-refractivity contribution in [2.75, 3.05) is 11.1 Å². The first-order chi connectivity index (χ1) is 12.4. The predicted octanol–water partition coefficient (Wildman–Crippen LogP) is 3.75. The Bertz CT molecular complexity index is 1060. The highest BCUT2D eigenvalue weighted by Crippen LogP contribution is 2.46. The van der Waals surface area contributed by atoms with Gasteiger partial charge in [0.2, 0.25) is 0 Å². The second-order valence-corrected chi connectivity index (χ2v) is 9.18. The Hall–Kier alpha value is -2.18. The maximum Gasteiger partial charge on any atom is 0.178 e. The molecule has 1 N–H and O–H groups in total. The van der Waals surface area contributed by atoms with Gasteiger partial charge in [0.15, 0.2) is 9.84 Å². The molecule has 2 aliphatic rings. The number of aromatic nitrogens is 1. The lowest BCUT2D eigenvalue weighted by molar-refractivity contribution is 0.597. The van der Waals surface area contributed by atoms with E-state index in [1.54, 1.807) is 31.3 Å². The summed E-state index contributed by atoms with van der Waals surface area (Å²) in [4.78, 5) is 9.12. The Labute approximate surface area is 157 Å². The topological polar surface area (TPSA) is 71.4 Å². The molecular weight excluding hydrogens is 370 g/mol. The smallest absolute Gasteiger partial charge is 0.178 e. The molecule has 26 heavy (non-hydrogen) atoms. The molecule has 0 radical (unpaired) electrons. The van der Waals surface area contributed by atoms with Gasteiger partial charge in [0.1, 0.15) is 11.0 Å². The van der Waals surface area contributed by atoms with Gasteiger partial charge in [-0.1, -0.05) is 36.7 Å². The minimum atomic E-state index is -3.28. The Morgan fingerprint density at radius 3 is 2.85 bits per heavy atom. The van der Waals surface area contributed by atoms with E-state index in [0.717, 1.165) is 28.1 Å². The van der Waals surface area contributed by atoms with Crippen LogP contribution in [0.1, 0.15) is 29.5 Å². The van der Waals surface area contributed by atoms with Crippen molar-refractivity contribution in [2.45, 2.75) is 30.7 Å². The second kappa shape index (κ2) is 6.21. The molecule has 5 nitrogen and oxygen atoms in total. The van der Waals surface area contributed by atoms with Crippen LogP contribution in [0, 0.1) is 6.92 Å². The highest BCUT2D eigenvalue weighted by atomic mass is 35.5. The zero-order valence-corrected chi connectivity index (χ0v) is 16.0. The van der Waals surface area contributed by atoms with Crippen molar-refractivity contribution in [2.24, 2.45) is 4.99 Å². The summed E-state index contributed by atoms with van der Waals surface area (Å²) >= 11 is 6.35. The van der Waals surface area contributed by atoms with Gasteiger partial charge in [-0.15, -0.1) is 0 Å². The summed E-state index contributed by atoms with van der Waals surface area (Å²) in [6.07, 6.45) is 3.55. The number of aryl methyl sites for hydroxylation is 1. The van der Waals surface area contributed by atoms with Crippen LogP contribution in [0.3, 0.4) is 0 Å². The van der Waals surface area contributed by atoms with E-state index in [1.165, 1.54) is 0 Å². The molecule has 3 heterocycles. The number of rotatable bonds is 3. The van der Waals surface area contributed by atoms with Crippen LogP contribution in [0.2, 0.25) is 0 Å². The summed E-state index contributed by atoms with van der Waals surface area (Å²) in [7, 11) is -3.28. The number of aliphatic imine (C=N–C) groups is 1. The number of hydrogen-bond acceptors (Lipinski definition) is 5. The Morgan fingerprint density at radius 1 is 1.27 bits per heavy atom. The van der Waals surface area contributed by atoms with Gasteiger partial charge in [-0.2, -0.15) is 0 Å². The standard InChI is InChI=1S/C19H18ClN3O2S/c1-3-26(24,25)13-6-4-5-12(8-13)15-10-21-18(20)17-16(15)14-7-11(2)9-22-19(14)23-17/h4-10,16-17H,3H2,1-2H3,(H,22,23). The fraction of sp³-hybridized carbons (Fsp3) is 0.263. The van der Waals surface area contributed by atoms with E-state index in [-0.39, 0.29) is 17.7 Å². The molecule has 7 heteroatoms. The number of hydrogen-bond donors (Lipinski definition) is 1. The number of nitrogens with zero attached hydrogens (tertiary/aromatic N) is 2. The molecule has 2 atom stereocenters. The summed E-state index contributed by atoms with van der Waals surface area (Å²) in [5, 5.41) is 3.81. The van der Waals surface area contributed by atoms with Gasteiger partial charge in [-0.05, 0) is 35.8 Å². The van der Waals surface area contributed by atoms with E-state index in [2.05, 4.69) is 21.4 Å². The minimum Gasteiger partial charge on any atom is -0.360 e. The van der Waals surface area contributed by atoms with Gasteiger partial charge in [0.05, 0.1) is 16.7 Å². The summed E-state index contributed by atoms with van der Waals surface area (Å²) in [5.74, 6) is 0.810. The first kappa shape index (κ1) is 17.2. The van der Waals surface area contributed by atoms with Crippen LogP contribution in [0.15, 0.2) is 52.6 Å². The zero-order valence-electron chi connectivity index (χ0n) is 14.4. The Morgan fingerprint density at radius 2 is 2.08 bits per heavy atom. The van der Waals surface area contributed by atoms with E-state index in [0.29, 0.717) is 10.1 Å². The van der Waals surface area contributed by atoms with Gasteiger partial charge >= 0.3 is 0 Å². The summed E-state index contributed by atoms with van der Waals surface area (Å²) in [6.45, 7) is 3.64. The van der Waals surface area contributed by atoms with Crippen molar-refractivity contribution in [1.29, 1.82) is 0 Å². The van der Waals surface area contributed by atoms with Crippen LogP contribution in [0.5, 0.6) is 0 Å². The molecule has 2 unspecified atom stereocenters. The van der Waals surface area contributed by atoms with Gasteiger partial charge in [-0.3, -0.25) is 0 Å². The lowest BCUT2D eigenvalue weighted by Gasteiger charge is -2.25. The van der Waals surface area contributed by atoms with E-state index in [9.17, 15) is 8.42 Å². The largest absolute Gasteiger partial charge is 0.360 e. The predicted molar refractivity (Wildman–Crippen MR) is 105 cm³/mol. The monoisotopic (exact) mass is 387 g/mol. The minimum absolute atomic E-state index is 0.0537. The molecular formula is C19H18ClN3O2S. The first-order valence-corrected chi connectivity index (χ1v) is 10.4. The van der Waals surface area contributed by atoms with Crippen molar-refractivity contribution < 1.29 is 8.42 Å². The third-order valence-corrected chi connectivity index (χ3v) is 6.90. The fourth-order valence-electron chi connectivity index (χ4n) is 3.49. The maximum atomic E-state index is 12.3. The molecule has 2 aliphatic heterocycles. The molecule has 2 aromatic rings. The molecule has 134 valence electrons. The van der Waals surface area contributed by atoms with E-state index >= 15 is 0 Å². The van der Waals surface area contributed by atoms with E-state index in [4.69, 9.17) is 11.6 Å². The molecule has 0 bridgehead atoms. The van der Waals surface area contributed by atoms with Crippen molar-refractivity contribution in [3.63, 3.8) is 0 Å². The highest BCUT2D eigenvalue weighted by molar-refractivity contribution is 7.91. The number of benzene rings is 1. The lowest BCUT2D eigenvalue weighted by atomic mass is 9.83. The molecule has 4 rings (SSSR count). The van der Waals surface area contributed by atoms with E-state index in [1.807, 2.05) is 19.2 Å². The molecule has 0 fully saturated rings. The number of halogens is 1. The second-order valence-electron chi connectivity index (χ2n) is 6.52. The normalized spacial score (nSPS) is 21.3. The maximum absolute atomic E-state index is 12.3. The van der Waals surface area contributed by atoms with Gasteiger partial charge in [-0.25, -0.2) is 18.4 Å².